The van der Waals surface area contributed by atoms with Gasteiger partial charge in [0.05, 0.1) is 27.6 Å². The molecule has 0 saturated carbocycles. The van der Waals surface area contributed by atoms with E-state index in [0.717, 1.165) is 0 Å². The molecule has 0 aliphatic carbocycles. The van der Waals surface area contributed by atoms with Crippen LogP contribution in [0, 0.1) is 0 Å². The van der Waals surface area contributed by atoms with E-state index in [2.05, 4.69) is 0 Å². The third-order valence-corrected chi connectivity index (χ3v) is 1.46. The average Bonchev–Trinajstić information content (AvgIpc) is 1.81. The minimum atomic E-state index is -0.910. The lowest BCUT2D eigenvalue weighted by atomic mass is 10.2. The number of carboxylic acid groups (broad SMARTS) is 1. The van der Waals surface area contributed by atoms with Gasteiger partial charge in [0.1, 0.15) is 19.4 Å². The van der Waals surface area contributed by atoms with Crippen molar-refractivity contribution in [2.75, 3.05) is 34.5 Å². The zero-order valence-corrected chi connectivity index (χ0v) is 8.36. The van der Waals surface area contributed by atoms with Gasteiger partial charge in [-0.05, 0) is 0 Å². The molecule has 2 N–H and O–H groups in total. The summed E-state index contributed by atoms with van der Waals surface area (Å²) in [5.41, 5.74) is 0. The van der Waals surface area contributed by atoms with Gasteiger partial charge in [0, 0.05) is 0 Å². The molecule has 0 aromatic heterocycles. The van der Waals surface area contributed by atoms with Gasteiger partial charge in [0.25, 0.3) is 0 Å². The Balaban J connectivity index is 4.01. The van der Waals surface area contributed by atoms with Crippen molar-refractivity contribution in [3.63, 3.8) is 0 Å². The third-order valence-electron chi connectivity index (χ3n) is 1.46. The lowest BCUT2D eigenvalue weighted by Crippen LogP contribution is -2.43. The number of aliphatic carboxylic acids is 1. The topological polar surface area (TPSA) is 66.8 Å². The summed E-state index contributed by atoms with van der Waals surface area (Å²) >= 11 is 0. The van der Waals surface area contributed by atoms with Gasteiger partial charge < -0.3 is 19.4 Å². The number of quaternary nitrogens is 1. The fourth-order valence-electron chi connectivity index (χ4n) is 1.09. The van der Waals surface area contributed by atoms with Crippen molar-refractivity contribution < 1.29 is 24.2 Å². The molecule has 0 unspecified atom stereocenters. The molecule has 0 radical (unpaired) electrons. The zero-order valence-electron chi connectivity index (χ0n) is 8.36. The maximum atomic E-state index is 10.4. The molecule has 5 nitrogen and oxygen atoms in total. The van der Waals surface area contributed by atoms with Crippen LogP contribution in [0.5, 0.6) is 0 Å². The van der Waals surface area contributed by atoms with Crippen molar-refractivity contribution in [1.29, 1.82) is 0 Å². The quantitative estimate of drug-likeness (QED) is 0.440. The molecule has 0 fully saturated rings. The molecule has 0 aliphatic heterocycles. The average molecular weight is 192 g/mol. The van der Waals surface area contributed by atoms with Gasteiger partial charge in [0.15, 0.2) is 0 Å². The van der Waals surface area contributed by atoms with Crippen molar-refractivity contribution in [2.45, 2.75) is 12.5 Å². The predicted octanol–water partition coefficient (Wildman–Crippen LogP) is -0.498. The molecule has 0 saturated heterocycles. The Labute approximate surface area is 78.1 Å². The summed E-state index contributed by atoms with van der Waals surface area (Å²) in [7, 11) is 5.82. The van der Waals surface area contributed by atoms with Crippen molar-refractivity contribution in [3.8, 4) is 0 Å². The predicted molar refractivity (Wildman–Crippen MR) is 47.1 cm³/mol. The van der Waals surface area contributed by atoms with Crippen LogP contribution in [0.4, 0.5) is 0 Å². The first-order valence-electron chi connectivity index (χ1n) is 4.10. The van der Waals surface area contributed by atoms with E-state index in [1.54, 1.807) is 0 Å². The Morgan fingerprint density at radius 3 is 2.31 bits per heavy atom. The molecule has 0 rings (SSSR count). The van der Waals surface area contributed by atoms with Gasteiger partial charge in [0.2, 0.25) is 0 Å². The highest BCUT2D eigenvalue weighted by atomic mass is 16.6. The molecule has 5 heteroatoms. The molecule has 0 bridgehead atoms. The molecule has 78 valence electrons. The standard InChI is InChI=1S/C8H17NO4/c1-9(2,3)5-7(13-6-10)4-8(11)12/h7,10H,4-6H2,1-3H3/p+1/t7-/m1/s1. The lowest BCUT2D eigenvalue weighted by Gasteiger charge is -2.28. The molecule has 13 heavy (non-hydrogen) atoms. The Bertz CT molecular complexity index is 164. The second-order valence-corrected chi connectivity index (χ2v) is 3.99. The molecule has 1 atom stereocenters. The second-order valence-electron chi connectivity index (χ2n) is 3.99. The van der Waals surface area contributed by atoms with E-state index >= 15 is 0 Å². The zero-order chi connectivity index (χ0) is 10.5. The van der Waals surface area contributed by atoms with Gasteiger partial charge >= 0.3 is 5.97 Å². The number of nitrogens with zero attached hydrogens (tertiary/aromatic N) is 1. The molecular weight excluding hydrogens is 174 g/mol. The van der Waals surface area contributed by atoms with E-state index in [4.69, 9.17) is 14.9 Å². The largest absolute Gasteiger partial charge is 0.481 e. The summed E-state index contributed by atoms with van der Waals surface area (Å²) < 4.78 is 5.50. The summed E-state index contributed by atoms with van der Waals surface area (Å²) in [5, 5.41) is 17.1. The van der Waals surface area contributed by atoms with Crippen molar-refractivity contribution in [1.82, 2.24) is 0 Å². The number of hydrogen-bond acceptors (Lipinski definition) is 3. The van der Waals surface area contributed by atoms with E-state index in [0.29, 0.717) is 11.0 Å². The Morgan fingerprint density at radius 1 is 1.46 bits per heavy atom. The lowest BCUT2D eigenvalue weighted by molar-refractivity contribution is -0.873. The highest BCUT2D eigenvalue weighted by molar-refractivity contribution is 5.67. The first-order valence-corrected chi connectivity index (χ1v) is 4.10. The molecule has 0 aliphatic rings. The number of carbonyl (C=O) groups is 1. The fourth-order valence-corrected chi connectivity index (χ4v) is 1.09. The number of aliphatic hydroxyl groups excluding tert-OH is 1. The van der Waals surface area contributed by atoms with Gasteiger partial charge in [-0.3, -0.25) is 4.79 Å². The summed E-state index contributed by atoms with van der Waals surface area (Å²) in [6, 6.07) is 0. The van der Waals surface area contributed by atoms with Crippen LogP contribution >= 0.6 is 0 Å². The van der Waals surface area contributed by atoms with E-state index in [9.17, 15) is 4.79 Å². The van der Waals surface area contributed by atoms with E-state index < -0.39 is 18.9 Å². The third kappa shape index (κ3) is 7.70. The van der Waals surface area contributed by atoms with Gasteiger partial charge in [-0.2, -0.15) is 0 Å². The molecule has 0 aromatic carbocycles. The van der Waals surface area contributed by atoms with Gasteiger partial charge in [-0.15, -0.1) is 0 Å². The van der Waals surface area contributed by atoms with Gasteiger partial charge in [-0.1, -0.05) is 0 Å². The van der Waals surface area contributed by atoms with Crippen molar-refractivity contribution >= 4 is 5.97 Å². The number of likely N-dealkylation sites (N-methyl/N-ethyl adjacent to an activating group) is 1. The molecule has 0 aromatic rings. The smallest absolute Gasteiger partial charge is 0.306 e. The van der Waals surface area contributed by atoms with Crippen LogP contribution in [-0.2, 0) is 9.53 Å². The highest BCUT2D eigenvalue weighted by Gasteiger charge is 2.21. The van der Waals surface area contributed by atoms with Crippen molar-refractivity contribution in [2.24, 2.45) is 0 Å². The maximum Gasteiger partial charge on any atom is 0.306 e. The van der Waals surface area contributed by atoms with Crippen LogP contribution < -0.4 is 0 Å². The van der Waals surface area contributed by atoms with E-state index in [1.807, 2.05) is 21.1 Å². The van der Waals surface area contributed by atoms with Gasteiger partial charge in [-0.25, -0.2) is 0 Å². The highest BCUT2D eigenvalue weighted by Crippen LogP contribution is 2.03. The number of carboxylic acids is 1. The molecule has 0 spiro atoms. The molecular formula is C8H18NO4+. The van der Waals surface area contributed by atoms with Crippen LogP contribution in [-0.4, -0.2) is 61.3 Å². The summed E-state index contributed by atoms with van der Waals surface area (Å²) in [4.78, 5) is 10.4. The summed E-state index contributed by atoms with van der Waals surface area (Å²) in [6.07, 6.45) is -0.502. The maximum absolute atomic E-state index is 10.4. The van der Waals surface area contributed by atoms with Crippen LogP contribution in [0.15, 0.2) is 0 Å². The fraction of sp³-hybridized carbons (Fsp3) is 0.875. The monoisotopic (exact) mass is 192 g/mol. The van der Waals surface area contributed by atoms with E-state index in [1.165, 1.54) is 0 Å². The second kappa shape index (κ2) is 5.16. The number of rotatable bonds is 6. The summed E-state index contributed by atoms with van der Waals surface area (Å²) in [5.74, 6) is -0.910. The van der Waals surface area contributed by atoms with Crippen LogP contribution in [0.2, 0.25) is 0 Å². The van der Waals surface area contributed by atoms with Crippen LogP contribution in [0.25, 0.3) is 0 Å². The Morgan fingerprint density at radius 2 is 2.00 bits per heavy atom. The SMILES string of the molecule is C[N+](C)(C)C[C@@H](CC(=O)O)OCO. The normalized spacial score (nSPS) is 14.2. The first-order chi connectivity index (χ1) is 5.85. The summed E-state index contributed by atoms with van der Waals surface area (Å²) in [6.45, 7) is 0.130. The molecule has 0 amide bonds. The Kier molecular flexibility index (Phi) is 4.90. The minimum Gasteiger partial charge on any atom is -0.481 e. The number of hydrogen-bond donors (Lipinski definition) is 2. The number of ether oxygens (including phenoxy) is 1. The first kappa shape index (κ1) is 12.3. The minimum absolute atomic E-state index is 0.0733. The number of aliphatic hydroxyl groups is 1. The van der Waals surface area contributed by atoms with Crippen LogP contribution in [0.1, 0.15) is 6.42 Å². The van der Waals surface area contributed by atoms with E-state index in [-0.39, 0.29) is 6.42 Å². The van der Waals surface area contributed by atoms with Crippen LogP contribution in [0.3, 0.4) is 0 Å². The van der Waals surface area contributed by atoms with Crippen molar-refractivity contribution in [3.05, 3.63) is 0 Å². The molecule has 0 heterocycles. The Hall–Kier alpha value is -0.650.